The van der Waals surface area contributed by atoms with Gasteiger partial charge in [0.2, 0.25) is 10.0 Å². The number of sulfonamides is 1. The van der Waals surface area contributed by atoms with E-state index in [2.05, 4.69) is 0 Å². The van der Waals surface area contributed by atoms with Gasteiger partial charge in [0.15, 0.2) is 0 Å². The van der Waals surface area contributed by atoms with Crippen molar-refractivity contribution in [3.05, 3.63) is 18.2 Å². The van der Waals surface area contributed by atoms with E-state index in [4.69, 9.17) is 10.9 Å². The topological polar surface area (TPSA) is 120 Å². The second kappa shape index (κ2) is 5.47. The molecule has 102 valence electrons. The van der Waals surface area contributed by atoms with Crippen LogP contribution in [0.4, 0.5) is 5.69 Å². The minimum atomic E-state index is -3.77. The van der Waals surface area contributed by atoms with E-state index >= 15 is 0 Å². The summed E-state index contributed by atoms with van der Waals surface area (Å²) in [5.41, 5.74) is 5.94. The van der Waals surface area contributed by atoms with E-state index in [-0.39, 0.29) is 16.3 Å². The van der Waals surface area contributed by atoms with Crippen molar-refractivity contribution in [3.63, 3.8) is 0 Å². The van der Waals surface area contributed by atoms with Crippen molar-refractivity contribution in [1.29, 1.82) is 0 Å². The maximum atomic E-state index is 11.1. The van der Waals surface area contributed by atoms with Crippen LogP contribution in [-0.4, -0.2) is 34.6 Å². The molecule has 0 saturated carbocycles. The van der Waals surface area contributed by atoms with Crippen LogP contribution in [0.2, 0.25) is 0 Å². The van der Waals surface area contributed by atoms with E-state index < -0.39 is 19.9 Å². The molecule has 1 rings (SSSR count). The molecular weight excluding hydrogens is 296 g/mol. The number of thioether (sulfide) groups is 1. The zero-order chi connectivity index (χ0) is 14.0. The molecule has 1 aromatic rings. The predicted octanol–water partition coefficient (Wildman–Crippen LogP) is 0.0529. The van der Waals surface area contributed by atoms with Crippen LogP contribution in [0.3, 0.4) is 0 Å². The molecular formula is C9H14N2O4S3. The first-order chi connectivity index (χ1) is 8.09. The maximum absolute atomic E-state index is 11.1. The molecule has 0 aliphatic heterocycles. The third kappa shape index (κ3) is 4.84. The van der Waals surface area contributed by atoms with Crippen LogP contribution in [0.1, 0.15) is 0 Å². The summed E-state index contributed by atoms with van der Waals surface area (Å²) >= 11 is 1.25. The lowest BCUT2D eigenvalue weighted by Gasteiger charge is -2.06. The Hall–Kier alpha value is -0.770. The molecule has 0 spiro atoms. The van der Waals surface area contributed by atoms with Gasteiger partial charge in [0.1, 0.15) is 9.84 Å². The Balaban J connectivity index is 2.81. The lowest BCUT2D eigenvalue weighted by atomic mass is 10.3. The third-order valence-corrected chi connectivity index (χ3v) is 5.23. The zero-order valence-electron chi connectivity index (χ0n) is 9.66. The quantitative estimate of drug-likeness (QED) is 0.586. The molecule has 0 aliphatic carbocycles. The summed E-state index contributed by atoms with van der Waals surface area (Å²) in [6.07, 6.45) is 1.15. The van der Waals surface area contributed by atoms with Crippen LogP contribution < -0.4 is 10.9 Å². The van der Waals surface area contributed by atoms with Gasteiger partial charge in [-0.3, -0.25) is 0 Å². The molecule has 18 heavy (non-hydrogen) atoms. The number of hydrogen-bond donors (Lipinski definition) is 2. The number of sulfone groups is 1. The SMILES string of the molecule is CS(=O)(=O)CCSc1ccc(S(N)(=O)=O)cc1N. The van der Waals surface area contributed by atoms with Crippen LogP contribution in [-0.2, 0) is 19.9 Å². The fourth-order valence-electron chi connectivity index (χ4n) is 1.14. The first-order valence-corrected chi connectivity index (χ1v) is 9.42. The summed E-state index contributed by atoms with van der Waals surface area (Å²) < 4.78 is 44.1. The van der Waals surface area contributed by atoms with Gasteiger partial charge in [-0.2, -0.15) is 0 Å². The summed E-state index contributed by atoms with van der Waals surface area (Å²) in [4.78, 5) is 0.568. The van der Waals surface area contributed by atoms with Crippen LogP contribution >= 0.6 is 11.8 Å². The number of primary sulfonamides is 1. The van der Waals surface area contributed by atoms with E-state index in [1.165, 1.54) is 30.0 Å². The van der Waals surface area contributed by atoms with Crippen molar-refractivity contribution in [2.24, 2.45) is 5.14 Å². The van der Waals surface area contributed by atoms with Gasteiger partial charge in [-0.05, 0) is 18.2 Å². The molecule has 0 fully saturated rings. The summed E-state index contributed by atoms with van der Waals surface area (Å²) in [5, 5.41) is 4.96. The van der Waals surface area contributed by atoms with Crippen LogP contribution in [0.15, 0.2) is 28.0 Å². The van der Waals surface area contributed by atoms with Crippen molar-refractivity contribution >= 4 is 37.3 Å². The highest BCUT2D eigenvalue weighted by molar-refractivity contribution is 8.00. The highest BCUT2D eigenvalue weighted by Crippen LogP contribution is 2.27. The smallest absolute Gasteiger partial charge is 0.238 e. The van der Waals surface area contributed by atoms with E-state index in [1.807, 2.05) is 0 Å². The van der Waals surface area contributed by atoms with Crippen molar-refractivity contribution < 1.29 is 16.8 Å². The second-order valence-electron chi connectivity index (χ2n) is 3.72. The fraction of sp³-hybridized carbons (Fsp3) is 0.333. The van der Waals surface area contributed by atoms with Crippen LogP contribution in [0.5, 0.6) is 0 Å². The zero-order valence-corrected chi connectivity index (χ0v) is 12.1. The molecule has 0 amide bonds. The van der Waals surface area contributed by atoms with Gasteiger partial charge < -0.3 is 5.73 Å². The molecule has 0 aliphatic rings. The number of nitrogens with two attached hydrogens (primary N) is 2. The summed E-state index contributed by atoms with van der Waals surface area (Å²) in [6, 6.07) is 4.12. The number of hydrogen-bond acceptors (Lipinski definition) is 6. The molecule has 0 aromatic heterocycles. The standard InChI is InChI=1S/C9H14N2O4S3/c1-17(12,13)5-4-16-9-3-2-7(6-8(9)10)18(11,14)15/h2-3,6H,4-5,10H2,1H3,(H2,11,14,15). The average Bonchev–Trinajstić information content (AvgIpc) is 2.17. The monoisotopic (exact) mass is 310 g/mol. The van der Waals surface area contributed by atoms with Crippen molar-refractivity contribution in [3.8, 4) is 0 Å². The Morgan fingerprint density at radius 1 is 1.22 bits per heavy atom. The van der Waals surface area contributed by atoms with Crippen molar-refractivity contribution in [1.82, 2.24) is 0 Å². The Morgan fingerprint density at radius 2 is 1.83 bits per heavy atom. The van der Waals surface area contributed by atoms with Crippen LogP contribution in [0.25, 0.3) is 0 Å². The van der Waals surface area contributed by atoms with E-state index in [9.17, 15) is 16.8 Å². The molecule has 0 saturated heterocycles. The van der Waals surface area contributed by atoms with Crippen molar-refractivity contribution in [2.75, 3.05) is 23.5 Å². The van der Waals surface area contributed by atoms with Gasteiger partial charge in [-0.15, -0.1) is 11.8 Å². The highest BCUT2D eigenvalue weighted by atomic mass is 32.2. The van der Waals surface area contributed by atoms with E-state index in [0.717, 1.165) is 6.26 Å². The number of anilines is 1. The molecule has 9 heteroatoms. The molecule has 0 unspecified atom stereocenters. The molecule has 0 radical (unpaired) electrons. The Labute approximate surface area is 111 Å². The minimum absolute atomic E-state index is 0.0358. The normalized spacial score (nSPS) is 12.6. The summed E-state index contributed by atoms with van der Waals surface area (Å²) in [5.74, 6) is 0.395. The van der Waals surface area contributed by atoms with E-state index in [1.54, 1.807) is 0 Å². The van der Waals surface area contributed by atoms with Gasteiger partial charge in [-0.1, -0.05) is 0 Å². The molecule has 6 nitrogen and oxygen atoms in total. The number of rotatable bonds is 5. The minimum Gasteiger partial charge on any atom is -0.398 e. The van der Waals surface area contributed by atoms with Crippen LogP contribution in [0, 0.1) is 0 Å². The lowest BCUT2D eigenvalue weighted by Crippen LogP contribution is -2.12. The average molecular weight is 310 g/mol. The molecule has 0 atom stereocenters. The largest absolute Gasteiger partial charge is 0.398 e. The first-order valence-electron chi connectivity index (χ1n) is 4.82. The molecule has 1 aromatic carbocycles. The van der Waals surface area contributed by atoms with Gasteiger partial charge >= 0.3 is 0 Å². The van der Waals surface area contributed by atoms with Crippen molar-refractivity contribution in [2.45, 2.75) is 9.79 Å². The highest BCUT2D eigenvalue weighted by Gasteiger charge is 2.11. The number of nitrogen functional groups attached to an aromatic ring is 1. The third-order valence-electron chi connectivity index (χ3n) is 2.02. The second-order valence-corrected chi connectivity index (χ2v) is 8.68. The lowest BCUT2D eigenvalue weighted by molar-refractivity contribution is 0.597. The Bertz CT molecular complexity index is 638. The molecule has 4 N–H and O–H groups in total. The Kier molecular flexibility index (Phi) is 4.65. The summed E-state index contributed by atoms with van der Waals surface area (Å²) in [6.45, 7) is 0. The Morgan fingerprint density at radius 3 is 2.28 bits per heavy atom. The van der Waals surface area contributed by atoms with Gasteiger partial charge in [0.05, 0.1) is 10.6 Å². The maximum Gasteiger partial charge on any atom is 0.238 e. The van der Waals surface area contributed by atoms with Gasteiger partial charge in [0.25, 0.3) is 0 Å². The van der Waals surface area contributed by atoms with E-state index in [0.29, 0.717) is 10.6 Å². The predicted molar refractivity (Wildman–Crippen MR) is 72.7 cm³/mol. The van der Waals surface area contributed by atoms with Gasteiger partial charge in [0, 0.05) is 22.6 Å². The summed E-state index contributed by atoms with van der Waals surface area (Å²) in [7, 11) is -6.79. The number of benzene rings is 1. The fourth-order valence-corrected chi connectivity index (χ4v) is 3.84. The first kappa shape index (κ1) is 15.3. The molecule has 0 bridgehead atoms. The van der Waals surface area contributed by atoms with Gasteiger partial charge in [-0.25, -0.2) is 22.0 Å². The molecule has 0 heterocycles.